The normalized spacial score (nSPS) is 11.6. The van der Waals surface area contributed by atoms with E-state index in [-0.39, 0.29) is 5.54 Å². The van der Waals surface area contributed by atoms with Crippen LogP contribution in [0.25, 0.3) is 0 Å². The molecular weight excluding hydrogens is 236 g/mol. The van der Waals surface area contributed by atoms with Gasteiger partial charge in [0.25, 0.3) is 0 Å². The van der Waals surface area contributed by atoms with E-state index in [1.807, 2.05) is 6.92 Å². The standard InChI is InChI=1S/C16H28N2O/c1-5-19-15-7-6-14(12-13(15)2)8-10-18-11-9-16(3,4)17/h6-7,12,18H,5,8-11,17H2,1-4H3. The van der Waals surface area contributed by atoms with Gasteiger partial charge in [-0.25, -0.2) is 0 Å². The lowest BCUT2D eigenvalue weighted by Gasteiger charge is -2.18. The van der Waals surface area contributed by atoms with Crippen LogP contribution >= 0.6 is 0 Å². The van der Waals surface area contributed by atoms with E-state index < -0.39 is 0 Å². The van der Waals surface area contributed by atoms with Crippen LogP contribution in [-0.4, -0.2) is 25.2 Å². The first-order valence-electron chi connectivity index (χ1n) is 7.14. The number of aryl methyl sites for hydroxylation is 1. The summed E-state index contributed by atoms with van der Waals surface area (Å²) in [5.74, 6) is 0.990. The van der Waals surface area contributed by atoms with E-state index in [0.29, 0.717) is 0 Å². The highest BCUT2D eigenvalue weighted by atomic mass is 16.5. The monoisotopic (exact) mass is 264 g/mol. The molecule has 0 aliphatic rings. The van der Waals surface area contributed by atoms with Crippen molar-refractivity contribution >= 4 is 0 Å². The Bertz CT molecular complexity index is 383. The molecule has 3 N–H and O–H groups in total. The van der Waals surface area contributed by atoms with Crippen molar-refractivity contribution in [1.82, 2.24) is 5.32 Å². The van der Waals surface area contributed by atoms with Crippen molar-refractivity contribution in [3.05, 3.63) is 29.3 Å². The van der Waals surface area contributed by atoms with E-state index in [1.165, 1.54) is 11.1 Å². The van der Waals surface area contributed by atoms with Crippen LogP contribution < -0.4 is 15.8 Å². The van der Waals surface area contributed by atoms with Crippen LogP contribution in [0.5, 0.6) is 5.75 Å². The number of benzene rings is 1. The Morgan fingerprint density at radius 3 is 2.58 bits per heavy atom. The molecule has 0 heterocycles. The van der Waals surface area contributed by atoms with Gasteiger partial charge in [-0.15, -0.1) is 0 Å². The summed E-state index contributed by atoms with van der Waals surface area (Å²) >= 11 is 0. The number of nitrogens with one attached hydrogen (secondary N) is 1. The second-order valence-electron chi connectivity index (χ2n) is 5.77. The number of hydrogen-bond donors (Lipinski definition) is 2. The van der Waals surface area contributed by atoms with Gasteiger partial charge in [-0.2, -0.15) is 0 Å². The summed E-state index contributed by atoms with van der Waals surface area (Å²) in [4.78, 5) is 0. The van der Waals surface area contributed by atoms with Gasteiger partial charge in [0.05, 0.1) is 6.61 Å². The number of rotatable bonds is 8. The van der Waals surface area contributed by atoms with Crippen molar-refractivity contribution in [2.45, 2.75) is 46.1 Å². The molecule has 1 rings (SSSR count). The van der Waals surface area contributed by atoms with Crippen LogP contribution in [0.1, 0.15) is 38.3 Å². The van der Waals surface area contributed by atoms with Crippen molar-refractivity contribution in [2.24, 2.45) is 5.73 Å². The lowest BCUT2D eigenvalue weighted by atomic mass is 10.0. The maximum absolute atomic E-state index is 5.94. The largest absolute Gasteiger partial charge is 0.494 e. The average Bonchev–Trinajstić information content (AvgIpc) is 2.31. The molecule has 1 aromatic carbocycles. The Balaban J connectivity index is 2.32. The molecule has 3 heteroatoms. The third kappa shape index (κ3) is 6.60. The minimum atomic E-state index is -0.0806. The summed E-state index contributed by atoms with van der Waals surface area (Å²) in [6.45, 7) is 10.9. The molecule has 0 bridgehead atoms. The summed E-state index contributed by atoms with van der Waals surface area (Å²) < 4.78 is 5.54. The molecule has 0 radical (unpaired) electrons. The van der Waals surface area contributed by atoms with Crippen molar-refractivity contribution in [3.8, 4) is 5.75 Å². The van der Waals surface area contributed by atoms with Gasteiger partial charge < -0.3 is 15.8 Å². The highest BCUT2D eigenvalue weighted by Crippen LogP contribution is 2.19. The topological polar surface area (TPSA) is 47.3 Å². The van der Waals surface area contributed by atoms with Gasteiger partial charge in [0, 0.05) is 5.54 Å². The van der Waals surface area contributed by atoms with Gasteiger partial charge in [-0.05, 0) is 70.8 Å². The van der Waals surface area contributed by atoms with E-state index >= 15 is 0 Å². The van der Waals surface area contributed by atoms with Gasteiger partial charge in [0.15, 0.2) is 0 Å². The van der Waals surface area contributed by atoms with E-state index in [0.717, 1.165) is 38.3 Å². The van der Waals surface area contributed by atoms with E-state index in [1.54, 1.807) is 0 Å². The smallest absolute Gasteiger partial charge is 0.122 e. The molecular formula is C16H28N2O. The van der Waals surface area contributed by atoms with Crippen molar-refractivity contribution in [3.63, 3.8) is 0 Å². The molecule has 0 saturated carbocycles. The number of hydrogen-bond acceptors (Lipinski definition) is 3. The Morgan fingerprint density at radius 2 is 2.00 bits per heavy atom. The summed E-state index contributed by atoms with van der Waals surface area (Å²) in [5.41, 5.74) is 8.42. The Morgan fingerprint density at radius 1 is 1.26 bits per heavy atom. The van der Waals surface area contributed by atoms with Crippen molar-refractivity contribution in [2.75, 3.05) is 19.7 Å². The van der Waals surface area contributed by atoms with Crippen molar-refractivity contribution < 1.29 is 4.74 Å². The van der Waals surface area contributed by atoms with Gasteiger partial charge in [-0.3, -0.25) is 0 Å². The lowest BCUT2D eigenvalue weighted by molar-refractivity contribution is 0.338. The van der Waals surface area contributed by atoms with Gasteiger partial charge in [0.2, 0.25) is 0 Å². The van der Waals surface area contributed by atoms with Crippen LogP contribution in [0.3, 0.4) is 0 Å². The SMILES string of the molecule is CCOc1ccc(CCNCCC(C)(C)N)cc1C. The third-order valence-electron chi connectivity index (χ3n) is 3.08. The zero-order valence-electron chi connectivity index (χ0n) is 12.8. The fourth-order valence-electron chi connectivity index (χ4n) is 1.95. The van der Waals surface area contributed by atoms with E-state index in [9.17, 15) is 0 Å². The summed E-state index contributed by atoms with van der Waals surface area (Å²) in [6.07, 6.45) is 2.04. The molecule has 0 amide bonds. The molecule has 0 aromatic heterocycles. The predicted molar refractivity (Wildman–Crippen MR) is 81.8 cm³/mol. The fraction of sp³-hybridized carbons (Fsp3) is 0.625. The minimum absolute atomic E-state index is 0.0806. The summed E-state index contributed by atoms with van der Waals surface area (Å²) in [5, 5.41) is 3.44. The lowest BCUT2D eigenvalue weighted by Crippen LogP contribution is -2.36. The maximum Gasteiger partial charge on any atom is 0.122 e. The van der Waals surface area contributed by atoms with Crippen LogP contribution in [0.4, 0.5) is 0 Å². The van der Waals surface area contributed by atoms with Crippen LogP contribution in [0.2, 0.25) is 0 Å². The van der Waals surface area contributed by atoms with Crippen molar-refractivity contribution in [1.29, 1.82) is 0 Å². The number of ether oxygens (including phenoxy) is 1. The zero-order valence-corrected chi connectivity index (χ0v) is 12.8. The molecule has 108 valence electrons. The second kappa shape index (κ2) is 7.51. The minimum Gasteiger partial charge on any atom is -0.494 e. The van der Waals surface area contributed by atoms with E-state index in [4.69, 9.17) is 10.5 Å². The summed E-state index contributed by atoms with van der Waals surface area (Å²) in [6, 6.07) is 6.42. The molecule has 19 heavy (non-hydrogen) atoms. The highest BCUT2D eigenvalue weighted by molar-refractivity contribution is 5.36. The maximum atomic E-state index is 5.94. The summed E-state index contributed by atoms with van der Waals surface area (Å²) in [7, 11) is 0. The molecule has 0 atom stereocenters. The quantitative estimate of drug-likeness (QED) is 0.710. The Hall–Kier alpha value is -1.06. The molecule has 3 nitrogen and oxygen atoms in total. The van der Waals surface area contributed by atoms with Crippen LogP contribution in [0, 0.1) is 6.92 Å². The third-order valence-corrected chi connectivity index (χ3v) is 3.08. The molecule has 0 unspecified atom stereocenters. The molecule has 0 spiro atoms. The molecule has 0 saturated heterocycles. The Labute approximate surface area is 117 Å². The first-order chi connectivity index (χ1) is 8.92. The fourth-order valence-corrected chi connectivity index (χ4v) is 1.95. The zero-order chi connectivity index (χ0) is 14.3. The van der Waals surface area contributed by atoms with Crippen LogP contribution in [-0.2, 0) is 6.42 Å². The predicted octanol–water partition coefficient (Wildman–Crippen LogP) is 2.65. The van der Waals surface area contributed by atoms with Crippen LogP contribution in [0.15, 0.2) is 18.2 Å². The Kier molecular flexibility index (Phi) is 6.32. The molecule has 0 fully saturated rings. The second-order valence-corrected chi connectivity index (χ2v) is 5.77. The first-order valence-corrected chi connectivity index (χ1v) is 7.14. The first kappa shape index (κ1) is 16.0. The highest BCUT2D eigenvalue weighted by Gasteiger charge is 2.08. The molecule has 0 aliphatic carbocycles. The van der Waals surface area contributed by atoms with Gasteiger partial charge >= 0.3 is 0 Å². The average molecular weight is 264 g/mol. The molecule has 0 aliphatic heterocycles. The van der Waals surface area contributed by atoms with E-state index in [2.05, 4.69) is 44.3 Å². The van der Waals surface area contributed by atoms with Gasteiger partial charge in [-0.1, -0.05) is 12.1 Å². The number of nitrogens with two attached hydrogens (primary N) is 1. The molecule has 1 aromatic rings. The van der Waals surface area contributed by atoms with Gasteiger partial charge in [0.1, 0.15) is 5.75 Å².